The number of halogens is 2. The normalized spacial score (nSPS) is 17.5. The summed E-state index contributed by atoms with van der Waals surface area (Å²) in [5.41, 5.74) is 7.51. The Bertz CT molecular complexity index is 676. The average molecular weight is 537 g/mol. The molecule has 0 saturated carbocycles. The number of benzene rings is 1. The second kappa shape index (κ2) is 14.0. The molecule has 29 heavy (non-hydrogen) atoms. The lowest BCUT2D eigenvalue weighted by Crippen LogP contribution is -2.42. The van der Waals surface area contributed by atoms with E-state index in [-0.39, 0.29) is 41.6 Å². The van der Waals surface area contributed by atoms with E-state index in [0.29, 0.717) is 6.54 Å². The second-order valence-corrected chi connectivity index (χ2v) is 7.96. The highest BCUT2D eigenvalue weighted by Gasteiger charge is 2.23. The van der Waals surface area contributed by atoms with Gasteiger partial charge in [-0.25, -0.2) is 4.39 Å². The number of piperidine rings is 1. The molecule has 0 bridgehead atoms. The van der Waals surface area contributed by atoms with Crippen LogP contribution in [0, 0.1) is 11.7 Å². The van der Waals surface area contributed by atoms with Crippen LogP contribution in [0.15, 0.2) is 23.2 Å². The maximum atomic E-state index is 13.5. The quantitative estimate of drug-likeness (QED) is 0.195. The number of rotatable bonds is 9. The minimum Gasteiger partial charge on any atom is -0.369 e. The van der Waals surface area contributed by atoms with E-state index in [9.17, 15) is 9.18 Å². The molecular formula is C20H33FIN5OS. The number of aliphatic imine (C=N–C) groups is 1. The summed E-state index contributed by atoms with van der Waals surface area (Å²) in [6.45, 7) is 4.12. The Morgan fingerprint density at radius 3 is 2.86 bits per heavy atom. The van der Waals surface area contributed by atoms with Crippen molar-refractivity contribution >= 4 is 47.6 Å². The fourth-order valence-corrected chi connectivity index (χ4v) is 4.04. The van der Waals surface area contributed by atoms with Crippen molar-refractivity contribution in [2.45, 2.75) is 31.6 Å². The van der Waals surface area contributed by atoms with Crippen LogP contribution in [-0.2, 0) is 17.1 Å². The highest BCUT2D eigenvalue weighted by molar-refractivity contribution is 14.0. The van der Waals surface area contributed by atoms with Gasteiger partial charge >= 0.3 is 0 Å². The fraction of sp³-hybridized carbons (Fsp3) is 0.600. The molecule has 1 aromatic carbocycles. The number of nitrogens with one attached hydrogen (secondary N) is 2. The van der Waals surface area contributed by atoms with E-state index in [0.717, 1.165) is 68.3 Å². The van der Waals surface area contributed by atoms with Crippen LogP contribution < -0.4 is 16.4 Å². The molecule has 2 rings (SSSR count). The number of carbonyl (C=O) groups excluding carboxylic acids is 1. The summed E-state index contributed by atoms with van der Waals surface area (Å²) in [6.07, 6.45) is 4.90. The summed E-state index contributed by atoms with van der Waals surface area (Å²) < 4.78 is 13.5. The van der Waals surface area contributed by atoms with Gasteiger partial charge in [0.15, 0.2) is 5.96 Å². The van der Waals surface area contributed by atoms with Crippen molar-refractivity contribution in [1.29, 1.82) is 0 Å². The summed E-state index contributed by atoms with van der Waals surface area (Å²) in [5.74, 6) is 1.11. The Morgan fingerprint density at radius 1 is 1.38 bits per heavy atom. The molecule has 0 radical (unpaired) electrons. The smallest absolute Gasteiger partial charge is 0.221 e. The van der Waals surface area contributed by atoms with Gasteiger partial charge in [0.25, 0.3) is 0 Å². The second-order valence-electron chi connectivity index (χ2n) is 7.09. The number of hydrogen-bond donors (Lipinski definition) is 3. The largest absolute Gasteiger partial charge is 0.369 e. The molecule has 1 aromatic rings. The standard InChI is InChI=1S/C20H32FN5OS.HI/c1-23-20(25-12-15-6-7-18(21)11-17(15)14-28-2)24-8-4-10-26-9-3-5-16(13-26)19(22)27;/h6-7,11,16H,3-5,8-10,12-14H2,1-2H3,(H2,22,27)(H2,23,24,25);1H. The van der Waals surface area contributed by atoms with Crippen LogP contribution in [0.1, 0.15) is 30.4 Å². The number of primary amides is 1. The third kappa shape index (κ3) is 9.08. The van der Waals surface area contributed by atoms with Gasteiger partial charge < -0.3 is 21.3 Å². The zero-order chi connectivity index (χ0) is 20.4. The molecule has 1 fully saturated rings. The molecule has 1 unspecified atom stereocenters. The zero-order valence-corrected chi connectivity index (χ0v) is 20.4. The summed E-state index contributed by atoms with van der Waals surface area (Å²) in [5, 5.41) is 6.61. The van der Waals surface area contributed by atoms with Gasteiger partial charge in [0.1, 0.15) is 5.82 Å². The zero-order valence-electron chi connectivity index (χ0n) is 17.2. The first-order chi connectivity index (χ1) is 13.5. The Labute approximate surface area is 194 Å². The molecule has 1 aliphatic rings. The predicted molar refractivity (Wildman–Crippen MR) is 130 cm³/mol. The molecular weight excluding hydrogens is 504 g/mol. The number of likely N-dealkylation sites (tertiary alicyclic amines) is 1. The summed E-state index contributed by atoms with van der Waals surface area (Å²) >= 11 is 1.68. The number of nitrogens with zero attached hydrogens (tertiary/aromatic N) is 2. The third-order valence-electron chi connectivity index (χ3n) is 4.99. The van der Waals surface area contributed by atoms with Gasteiger partial charge in [-0.15, -0.1) is 24.0 Å². The number of nitrogens with two attached hydrogens (primary N) is 1. The summed E-state index contributed by atoms with van der Waals surface area (Å²) in [4.78, 5) is 17.9. The van der Waals surface area contributed by atoms with E-state index < -0.39 is 0 Å². The Morgan fingerprint density at radius 2 is 2.17 bits per heavy atom. The average Bonchev–Trinajstić information content (AvgIpc) is 2.69. The predicted octanol–water partition coefficient (Wildman–Crippen LogP) is 2.56. The number of guanidine groups is 1. The lowest BCUT2D eigenvalue weighted by Gasteiger charge is -2.31. The lowest BCUT2D eigenvalue weighted by atomic mass is 9.97. The molecule has 9 heteroatoms. The Hall–Kier alpha value is -1.07. The van der Waals surface area contributed by atoms with Crippen molar-refractivity contribution in [2.24, 2.45) is 16.6 Å². The minimum atomic E-state index is -0.202. The van der Waals surface area contributed by atoms with Gasteiger partial charge in [0.2, 0.25) is 5.91 Å². The maximum absolute atomic E-state index is 13.5. The fourth-order valence-electron chi connectivity index (χ4n) is 3.46. The van der Waals surface area contributed by atoms with Crippen LogP contribution in [0.3, 0.4) is 0 Å². The van der Waals surface area contributed by atoms with Crippen molar-refractivity contribution in [1.82, 2.24) is 15.5 Å². The SMILES string of the molecule is CN=C(NCCCN1CCCC(C(N)=O)C1)NCc1ccc(F)cc1CSC.I. The molecule has 4 N–H and O–H groups in total. The van der Waals surface area contributed by atoms with Gasteiger partial charge in [-0.1, -0.05) is 6.07 Å². The van der Waals surface area contributed by atoms with Gasteiger partial charge in [-0.05, 0) is 61.9 Å². The number of thioether (sulfide) groups is 1. The molecule has 1 saturated heterocycles. The van der Waals surface area contributed by atoms with Crippen LogP contribution in [0.4, 0.5) is 4.39 Å². The maximum Gasteiger partial charge on any atom is 0.221 e. The summed E-state index contributed by atoms with van der Waals surface area (Å²) in [7, 11) is 1.74. The van der Waals surface area contributed by atoms with E-state index in [4.69, 9.17) is 5.73 Å². The molecule has 164 valence electrons. The molecule has 1 heterocycles. The van der Waals surface area contributed by atoms with Crippen molar-refractivity contribution < 1.29 is 9.18 Å². The number of carbonyl (C=O) groups is 1. The van der Waals surface area contributed by atoms with E-state index in [1.165, 1.54) is 6.07 Å². The first-order valence-electron chi connectivity index (χ1n) is 9.76. The van der Waals surface area contributed by atoms with Gasteiger partial charge in [0.05, 0.1) is 5.92 Å². The lowest BCUT2D eigenvalue weighted by molar-refractivity contribution is -0.123. The van der Waals surface area contributed by atoms with Crippen LogP contribution in [0.25, 0.3) is 0 Å². The molecule has 1 amide bonds. The van der Waals surface area contributed by atoms with Crippen molar-refractivity contribution in [3.05, 3.63) is 35.1 Å². The van der Waals surface area contributed by atoms with Gasteiger partial charge in [0, 0.05) is 32.4 Å². The number of hydrogen-bond acceptors (Lipinski definition) is 4. The van der Waals surface area contributed by atoms with E-state index in [1.807, 2.05) is 12.3 Å². The molecule has 0 aliphatic carbocycles. The Kier molecular flexibility index (Phi) is 12.6. The topological polar surface area (TPSA) is 82.8 Å². The first kappa shape index (κ1) is 26.0. The van der Waals surface area contributed by atoms with Gasteiger partial charge in [-0.3, -0.25) is 9.79 Å². The van der Waals surface area contributed by atoms with Crippen molar-refractivity contribution in [3.8, 4) is 0 Å². The van der Waals surface area contributed by atoms with Crippen LogP contribution in [-0.4, -0.2) is 56.2 Å². The van der Waals surface area contributed by atoms with Crippen molar-refractivity contribution in [2.75, 3.05) is 39.5 Å². The van der Waals surface area contributed by atoms with Gasteiger partial charge in [-0.2, -0.15) is 11.8 Å². The van der Waals surface area contributed by atoms with Crippen LogP contribution >= 0.6 is 35.7 Å². The number of amides is 1. The molecule has 0 spiro atoms. The van der Waals surface area contributed by atoms with Crippen LogP contribution in [0.5, 0.6) is 0 Å². The highest BCUT2D eigenvalue weighted by atomic mass is 127. The summed E-state index contributed by atoms with van der Waals surface area (Å²) in [6, 6.07) is 4.92. The van der Waals surface area contributed by atoms with E-state index in [1.54, 1.807) is 24.9 Å². The third-order valence-corrected chi connectivity index (χ3v) is 5.59. The van der Waals surface area contributed by atoms with Crippen LogP contribution in [0.2, 0.25) is 0 Å². The molecule has 1 atom stereocenters. The Balaban J connectivity index is 0.00000420. The molecule has 6 nitrogen and oxygen atoms in total. The molecule has 1 aliphatic heterocycles. The minimum absolute atomic E-state index is 0. The highest BCUT2D eigenvalue weighted by Crippen LogP contribution is 2.17. The first-order valence-corrected chi connectivity index (χ1v) is 11.1. The monoisotopic (exact) mass is 537 g/mol. The molecule has 0 aromatic heterocycles. The van der Waals surface area contributed by atoms with E-state index in [2.05, 4.69) is 20.5 Å². The van der Waals surface area contributed by atoms with E-state index >= 15 is 0 Å². The van der Waals surface area contributed by atoms with Crippen molar-refractivity contribution in [3.63, 3.8) is 0 Å².